The third-order valence-electron chi connectivity index (χ3n) is 6.04. The fourth-order valence-corrected chi connectivity index (χ4v) is 4.79. The number of benzene rings is 2. The molecule has 9 heteroatoms. The number of rotatable bonds is 9. The van der Waals surface area contributed by atoms with Crippen molar-refractivity contribution in [3.05, 3.63) is 89.5 Å². The number of nitrogens with two attached hydrogens (primary N) is 1. The molecule has 0 saturated heterocycles. The van der Waals surface area contributed by atoms with Crippen molar-refractivity contribution in [1.82, 2.24) is 15.0 Å². The van der Waals surface area contributed by atoms with Crippen molar-refractivity contribution >= 4 is 15.7 Å². The van der Waals surface area contributed by atoms with Gasteiger partial charge in [-0.25, -0.2) is 17.8 Å². The zero-order valence-electron chi connectivity index (χ0n) is 20.9. The molecule has 0 spiro atoms. The second kappa shape index (κ2) is 10.6. The summed E-state index contributed by atoms with van der Waals surface area (Å²) in [6.45, 7) is 4.30. The average Bonchev–Trinajstić information content (AvgIpc) is 3.30. The minimum absolute atomic E-state index is 0.198. The number of nitrogens with zero attached hydrogens (tertiary/aromatic N) is 2. The van der Waals surface area contributed by atoms with Crippen LogP contribution in [0.15, 0.2) is 72.0 Å². The van der Waals surface area contributed by atoms with E-state index in [1.807, 2.05) is 24.3 Å². The second-order valence-electron chi connectivity index (χ2n) is 9.58. The first kappa shape index (κ1) is 26.2. The van der Waals surface area contributed by atoms with Crippen LogP contribution in [0.5, 0.6) is 0 Å². The van der Waals surface area contributed by atoms with E-state index in [-0.39, 0.29) is 11.6 Å². The molecule has 0 bridgehead atoms. The van der Waals surface area contributed by atoms with Gasteiger partial charge in [0.15, 0.2) is 0 Å². The number of sulfone groups is 1. The molecule has 0 fully saturated rings. The van der Waals surface area contributed by atoms with E-state index in [0.29, 0.717) is 34.1 Å². The van der Waals surface area contributed by atoms with Gasteiger partial charge in [-0.2, -0.15) is 0 Å². The molecule has 37 heavy (non-hydrogen) atoms. The number of amides is 1. The zero-order valence-corrected chi connectivity index (χ0v) is 21.7. The molecular formula is C28H29FN4O3S. The number of halogens is 1. The Morgan fingerprint density at radius 2 is 1.68 bits per heavy atom. The van der Waals surface area contributed by atoms with Crippen LogP contribution in [0.1, 0.15) is 36.6 Å². The van der Waals surface area contributed by atoms with Crippen molar-refractivity contribution in [3.8, 4) is 22.5 Å². The van der Waals surface area contributed by atoms with Crippen molar-refractivity contribution < 1.29 is 17.6 Å². The molecule has 192 valence electrons. The van der Waals surface area contributed by atoms with Crippen molar-refractivity contribution in [2.75, 3.05) is 6.26 Å². The summed E-state index contributed by atoms with van der Waals surface area (Å²) in [6.07, 6.45) is 3.85. The van der Waals surface area contributed by atoms with Gasteiger partial charge in [0.25, 0.3) is 0 Å². The standard InChI is InChI=1S/C28H29FN4O3S/c1-17(2)14-18-4-6-19(7-5-18)24(27(30)34)16-23-15-21(12-13-31-23)26-25(20-8-10-22(29)11-9-20)32-28(33-26)37(3,35)36/h4-13,15,17,24H,14,16H2,1-3H3,(H2,30,34)(H,32,33). The molecule has 1 atom stereocenters. The lowest BCUT2D eigenvalue weighted by Crippen LogP contribution is -2.23. The minimum Gasteiger partial charge on any atom is -0.369 e. The van der Waals surface area contributed by atoms with E-state index in [1.165, 1.54) is 17.7 Å². The smallest absolute Gasteiger partial charge is 0.225 e. The highest BCUT2D eigenvalue weighted by Crippen LogP contribution is 2.32. The fourth-order valence-electron chi connectivity index (χ4n) is 4.25. The maximum absolute atomic E-state index is 13.5. The highest BCUT2D eigenvalue weighted by Gasteiger charge is 2.22. The molecule has 0 aliphatic carbocycles. The van der Waals surface area contributed by atoms with E-state index in [1.54, 1.807) is 30.5 Å². The Morgan fingerprint density at radius 3 is 2.27 bits per heavy atom. The molecule has 0 aliphatic rings. The number of primary amides is 1. The lowest BCUT2D eigenvalue weighted by atomic mass is 9.91. The second-order valence-corrected chi connectivity index (χ2v) is 11.5. The lowest BCUT2D eigenvalue weighted by Gasteiger charge is -2.15. The van der Waals surface area contributed by atoms with Crippen molar-refractivity contribution in [1.29, 1.82) is 0 Å². The lowest BCUT2D eigenvalue weighted by molar-refractivity contribution is -0.119. The first-order valence-electron chi connectivity index (χ1n) is 11.9. The van der Waals surface area contributed by atoms with Crippen LogP contribution in [0.3, 0.4) is 0 Å². The third-order valence-corrected chi connectivity index (χ3v) is 6.93. The van der Waals surface area contributed by atoms with Gasteiger partial charge in [-0.3, -0.25) is 9.78 Å². The van der Waals surface area contributed by atoms with Gasteiger partial charge in [-0.1, -0.05) is 38.1 Å². The molecule has 0 saturated carbocycles. The number of hydrogen-bond donors (Lipinski definition) is 2. The summed E-state index contributed by atoms with van der Waals surface area (Å²) in [5.41, 5.74) is 10.4. The summed E-state index contributed by atoms with van der Waals surface area (Å²) in [6, 6.07) is 17.0. The molecule has 1 unspecified atom stereocenters. The summed E-state index contributed by atoms with van der Waals surface area (Å²) in [5, 5.41) is -0.198. The van der Waals surface area contributed by atoms with Crippen molar-refractivity contribution in [2.45, 2.75) is 37.8 Å². The summed E-state index contributed by atoms with van der Waals surface area (Å²) in [5.74, 6) is -0.933. The minimum atomic E-state index is -3.63. The first-order chi connectivity index (χ1) is 17.5. The molecule has 7 nitrogen and oxygen atoms in total. The van der Waals surface area contributed by atoms with E-state index in [9.17, 15) is 17.6 Å². The first-order valence-corrected chi connectivity index (χ1v) is 13.8. The molecule has 1 amide bonds. The number of aromatic nitrogens is 3. The Kier molecular flexibility index (Phi) is 7.54. The highest BCUT2D eigenvalue weighted by atomic mass is 32.2. The van der Waals surface area contributed by atoms with Gasteiger partial charge < -0.3 is 10.7 Å². The Labute approximate surface area is 215 Å². The van der Waals surface area contributed by atoms with Crippen molar-refractivity contribution in [3.63, 3.8) is 0 Å². The Morgan fingerprint density at radius 1 is 1.00 bits per heavy atom. The fraction of sp³-hybridized carbons (Fsp3) is 0.250. The largest absolute Gasteiger partial charge is 0.369 e. The molecule has 2 aromatic carbocycles. The molecule has 2 heterocycles. The van der Waals surface area contributed by atoms with Gasteiger partial charge in [0, 0.05) is 35.7 Å². The summed E-state index contributed by atoms with van der Waals surface area (Å²) in [4.78, 5) is 24.0. The van der Waals surface area contributed by atoms with Crippen LogP contribution in [0.2, 0.25) is 0 Å². The quantitative estimate of drug-likeness (QED) is 0.332. The number of pyridine rings is 1. The monoisotopic (exact) mass is 520 g/mol. The molecule has 4 rings (SSSR count). The van der Waals surface area contributed by atoms with Gasteiger partial charge in [-0.15, -0.1) is 0 Å². The topological polar surface area (TPSA) is 119 Å². The normalized spacial score (nSPS) is 12.6. The van der Waals surface area contributed by atoms with Crippen LogP contribution in [0, 0.1) is 11.7 Å². The molecule has 3 N–H and O–H groups in total. The maximum Gasteiger partial charge on any atom is 0.225 e. The van der Waals surface area contributed by atoms with Crippen LogP contribution in [-0.4, -0.2) is 35.5 Å². The van der Waals surface area contributed by atoms with E-state index >= 15 is 0 Å². The molecule has 2 aromatic heterocycles. The number of nitrogens with one attached hydrogen (secondary N) is 1. The van der Waals surface area contributed by atoms with Gasteiger partial charge >= 0.3 is 0 Å². The number of hydrogen-bond acceptors (Lipinski definition) is 5. The Balaban J connectivity index is 1.70. The number of carbonyl (C=O) groups is 1. The maximum atomic E-state index is 13.5. The van der Waals surface area contributed by atoms with Gasteiger partial charge in [0.05, 0.1) is 17.3 Å². The SMILES string of the molecule is CC(C)Cc1ccc(C(Cc2cc(-c3nc(S(C)(=O)=O)[nH]c3-c3ccc(F)cc3)ccn2)C(N)=O)cc1. The summed E-state index contributed by atoms with van der Waals surface area (Å²) >= 11 is 0. The van der Waals surface area contributed by atoms with Gasteiger partial charge in [-0.05, 0) is 59.9 Å². The Bertz CT molecular complexity index is 1510. The van der Waals surface area contributed by atoms with Gasteiger partial charge in [0.2, 0.25) is 20.9 Å². The van der Waals surface area contributed by atoms with Crippen LogP contribution in [0.4, 0.5) is 4.39 Å². The van der Waals surface area contributed by atoms with E-state index < -0.39 is 27.5 Å². The molecule has 0 aliphatic heterocycles. The number of carbonyl (C=O) groups excluding carboxylic acids is 1. The van der Waals surface area contributed by atoms with Crippen LogP contribution < -0.4 is 5.73 Å². The number of H-pyrrole nitrogens is 1. The van der Waals surface area contributed by atoms with Crippen molar-refractivity contribution in [2.24, 2.45) is 11.7 Å². The summed E-state index contributed by atoms with van der Waals surface area (Å²) in [7, 11) is -3.63. The third kappa shape index (κ3) is 6.29. The molecule has 4 aromatic rings. The average molecular weight is 521 g/mol. The van der Waals surface area contributed by atoms with Crippen LogP contribution in [-0.2, 0) is 27.5 Å². The van der Waals surface area contributed by atoms with Crippen LogP contribution in [0.25, 0.3) is 22.5 Å². The predicted octanol–water partition coefficient (Wildman–Crippen LogP) is 4.69. The molecule has 0 radical (unpaired) electrons. The predicted molar refractivity (Wildman–Crippen MR) is 141 cm³/mol. The number of aromatic amines is 1. The van der Waals surface area contributed by atoms with E-state index in [0.717, 1.165) is 18.2 Å². The zero-order chi connectivity index (χ0) is 26.7. The summed E-state index contributed by atoms with van der Waals surface area (Å²) < 4.78 is 38.0. The van der Waals surface area contributed by atoms with Gasteiger partial charge in [0.1, 0.15) is 5.82 Å². The van der Waals surface area contributed by atoms with E-state index in [4.69, 9.17) is 5.73 Å². The van der Waals surface area contributed by atoms with E-state index in [2.05, 4.69) is 28.8 Å². The molecular weight excluding hydrogens is 491 g/mol. The Hall–Kier alpha value is -3.85. The van der Waals surface area contributed by atoms with Crippen LogP contribution >= 0.6 is 0 Å². The number of imidazole rings is 1. The highest BCUT2D eigenvalue weighted by molar-refractivity contribution is 7.90.